The fourth-order valence-corrected chi connectivity index (χ4v) is 2.91. The van der Waals surface area contributed by atoms with Crippen molar-refractivity contribution in [3.63, 3.8) is 0 Å². The van der Waals surface area contributed by atoms with Crippen molar-refractivity contribution in [1.82, 2.24) is 29.5 Å². The van der Waals surface area contributed by atoms with Crippen molar-refractivity contribution in [2.24, 2.45) is 14.1 Å². The fourth-order valence-electron chi connectivity index (χ4n) is 2.91. The van der Waals surface area contributed by atoms with Crippen LogP contribution in [0.1, 0.15) is 12.2 Å². The minimum Gasteiger partial charge on any atom is -0.337 e. The number of carbonyl (C=O) groups excluding carboxylic acids is 1. The number of rotatable bonds is 5. The highest BCUT2D eigenvalue weighted by Gasteiger charge is 2.32. The summed E-state index contributed by atoms with van der Waals surface area (Å²) in [5.74, 6) is 1.36. The van der Waals surface area contributed by atoms with E-state index >= 15 is 0 Å². The summed E-state index contributed by atoms with van der Waals surface area (Å²) in [5, 5.41) is 9.53. The molecule has 1 aliphatic rings. The lowest BCUT2D eigenvalue weighted by molar-refractivity contribution is 0.219. The number of halogens is 1. The molecule has 0 spiro atoms. The van der Waals surface area contributed by atoms with Gasteiger partial charge in [0, 0.05) is 57.9 Å². The van der Waals surface area contributed by atoms with Crippen molar-refractivity contribution in [2.75, 3.05) is 18.4 Å². The molecule has 130 valence electrons. The maximum absolute atomic E-state index is 13.8. The summed E-state index contributed by atoms with van der Waals surface area (Å²) < 4.78 is 17.3. The molecule has 3 rings (SSSR count). The van der Waals surface area contributed by atoms with E-state index in [4.69, 9.17) is 0 Å². The lowest BCUT2D eigenvalue weighted by Crippen LogP contribution is -2.41. The van der Waals surface area contributed by atoms with E-state index in [9.17, 15) is 9.18 Å². The third kappa shape index (κ3) is 3.91. The molecule has 2 atom stereocenters. The zero-order chi connectivity index (χ0) is 17.1. The predicted molar refractivity (Wildman–Crippen MR) is 87.1 cm³/mol. The van der Waals surface area contributed by atoms with E-state index in [0.717, 1.165) is 5.82 Å². The number of aryl methyl sites for hydroxylation is 2. The van der Waals surface area contributed by atoms with Crippen LogP contribution in [0.2, 0.25) is 0 Å². The number of carbonyl (C=O) groups is 1. The first-order chi connectivity index (χ1) is 11.5. The van der Waals surface area contributed by atoms with Crippen molar-refractivity contribution < 1.29 is 9.18 Å². The van der Waals surface area contributed by atoms with E-state index in [2.05, 4.69) is 20.7 Å². The molecule has 2 amide bonds. The first-order valence-electron chi connectivity index (χ1n) is 7.90. The van der Waals surface area contributed by atoms with Crippen LogP contribution in [-0.4, -0.2) is 55.6 Å². The Bertz CT molecular complexity index is 698. The summed E-state index contributed by atoms with van der Waals surface area (Å²) in [6.07, 6.45) is 4.87. The highest BCUT2D eigenvalue weighted by atomic mass is 19.1. The largest absolute Gasteiger partial charge is 0.337 e. The summed E-state index contributed by atoms with van der Waals surface area (Å²) in [7, 11) is 3.69. The number of hydrogen-bond acceptors (Lipinski definition) is 4. The number of hydrogen-bond donors (Lipinski definition) is 2. The number of alkyl halides is 1. The first-order valence-corrected chi connectivity index (χ1v) is 7.90. The van der Waals surface area contributed by atoms with Gasteiger partial charge >= 0.3 is 6.03 Å². The molecule has 9 heteroatoms. The average molecular weight is 335 g/mol. The van der Waals surface area contributed by atoms with Gasteiger partial charge in [0.15, 0.2) is 5.82 Å². The third-order valence-corrected chi connectivity index (χ3v) is 4.20. The van der Waals surface area contributed by atoms with Crippen LogP contribution < -0.4 is 10.6 Å². The van der Waals surface area contributed by atoms with Gasteiger partial charge < -0.3 is 9.88 Å². The number of nitrogens with one attached hydrogen (secondary N) is 2. The van der Waals surface area contributed by atoms with Crippen LogP contribution in [0.15, 0.2) is 24.7 Å². The van der Waals surface area contributed by atoms with Crippen molar-refractivity contribution >= 4 is 11.8 Å². The Balaban J connectivity index is 1.52. The number of anilines is 1. The molecule has 2 aromatic heterocycles. The van der Waals surface area contributed by atoms with Gasteiger partial charge in [-0.15, -0.1) is 0 Å². The molecule has 24 heavy (non-hydrogen) atoms. The Labute approximate surface area is 139 Å². The normalized spacial score (nSPS) is 21.1. The minimum atomic E-state index is -0.879. The summed E-state index contributed by atoms with van der Waals surface area (Å²) >= 11 is 0. The van der Waals surface area contributed by atoms with E-state index in [1.54, 1.807) is 30.2 Å². The summed E-state index contributed by atoms with van der Waals surface area (Å²) in [6, 6.07) is 1.32. The number of urea groups is 1. The minimum absolute atomic E-state index is 0.0498. The quantitative estimate of drug-likeness (QED) is 0.850. The van der Waals surface area contributed by atoms with Gasteiger partial charge in [-0.3, -0.25) is 14.9 Å². The monoisotopic (exact) mass is 335 g/mol. The van der Waals surface area contributed by atoms with Crippen LogP contribution in [0.3, 0.4) is 0 Å². The number of likely N-dealkylation sites (tertiary alicyclic amines) is 1. The number of aromatic nitrogens is 4. The lowest BCUT2D eigenvalue weighted by Gasteiger charge is -2.23. The highest BCUT2D eigenvalue weighted by molar-refractivity contribution is 5.88. The van der Waals surface area contributed by atoms with Crippen LogP contribution in [0.25, 0.3) is 0 Å². The molecule has 2 N–H and O–H groups in total. The van der Waals surface area contributed by atoms with Crippen LogP contribution in [0.4, 0.5) is 15.0 Å². The molecule has 1 fully saturated rings. The van der Waals surface area contributed by atoms with E-state index in [-0.39, 0.29) is 12.1 Å². The molecule has 1 saturated heterocycles. The van der Waals surface area contributed by atoms with Crippen molar-refractivity contribution in [3.05, 3.63) is 30.5 Å². The number of nitrogens with zero attached hydrogens (tertiary/aromatic N) is 5. The predicted octanol–water partition coefficient (Wildman–Crippen LogP) is 0.888. The SMILES string of the molecule is Cn1ccc(NC(=O)NC[C@@H]2C[C@H](F)CN2Cc2nccn2C)n1. The maximum atomic E-state index is 13.8. The second kappa shape index (κ2) is 7.00. The van der Waals surface area contributed by atoms with Gasteiger partial charge in [0.2, 0.25) is 0 Å². The summed E-state index contributed by atoms with van der Waals surface area (Å²) in [5.41, 5.74) is 0. The zero-order valence-electron chi connectivity index (χ0n) is 13.8. The average Bonchev–Trinajstić information content (AvgIpc) is 3.20. The molecule has 0 radical (unpaired) electrons. The van der Waals surface area contributed by atoms with Crippen LogP contribution >= 0.6 is 0 Å². The Morgan fingerprint density at radius 1 is 1.42 bits per heavy atom. The molecule has 1 aliphatic heterocycles. The number of amides is 2. The summed E-state index contributed by atoms with van der Waals surface area (Å²) in [4.78, 5) is 18.2. The van der Waals surface area contributed by atoms with Gasteiger partial charge in [-0.1, -0.05) is 0 Å². The van der Waals surface area contributed by atoms with E-state index in [0.29, 0.717) is 31.9 Å². The Kier molecular flexibility index (Phi) is 4.79. The van der Waals surface area contributed by atoms with Gasteiger partial charge in [-0.05, 0) is 6.42 Å². The topological polar surface area (TPSA) is 80.0 Å². The van der Waals surface area contributed by atoms with Gasteiger partial charge in [0.25, 0.3) is 0 Å². The molecule has 0 saturated carbocycles. The molecule has 3 heterocycles. The van der Waals surface area contributed by atoms with Crippen molar-refractivity contribution in [2.45, 2.75) is 25.2 Å². The van der Waals surface area contributed by atoms with Gasteiger partial charge in [0.1, 0.15) is 12.0 Å². The van der Waals surface area contributed by atoms with Crippen molar-refractivity contribution in [1.29, 1.82) is 0 Å². The highest BCUT2D eigenvalue weighted by Crippen LogP contribution is 2.21. The van der Waals surface area contributed by atoms with Crippen LogP contribution in [-0.2, 0) is 20.6 Å². The summed E-state index contributed by atoms with van der Waals surface area (Å²) in [6.45, 7) is 1.31. The fraction of sp³-hybridized carbons (Fsp3) is 0.533. The molecular formula is C15H22FN7O. The van der Waals surface area contributed by atoms with E-state index in [1.807, 2.05) is 22.7 Å². The first kappa shape index (κ1) is 16.4. The maximum Gasteiger partial charge on any atom is 0.320 e. The van der Waals surface area contributed by atoms with Crippen molar-refractivity contribution in [3.8, 4) is 0 Å². The Morgan fingerprint density at radius 3 is 2.92 bits per heavy atom. The zero-order valence-corrected chi connectivity index (χ0v) is 13.8. The molecule has 0 unspecified atom stereocenters. The second-order valence-electron chi connectivity index (χ2n) is 6.08. The third-order valence-electron chi connectivity index (χ3n) is 4.20. The van der Waals surface area contributed by atoms with E-state index < -0.39 is 6.17 Å². The van der Waals surface area contributed by atoms with Gasteiger partial charge in [-0.25, -0.2) is 14.2 Å². The molecule has 0 aromatic carbocycles. The Morgan fingerprint density at radius 2 is 2.25 bits per heavy atom. The second-order valence-corrected chi connectivity index (χ2v) is 6.08. The molecule has 8 nitrogen and oxygen atoms in total. The smallest absolute Gasteiger partial charge is 0.320 e. The number of imidazole rings is 1. The molecule has 0 aliphatic carbocycles. The van der Waals surface area contributed by atoms with Crippen LogP contribution in [0, 0.1) is 0 Å². The standard InChI is InChI=1S/C15H22FN7O/c1-21-6-4-17-14(21)10-23-9-11(16)7-12(23)8-18-15(24)19-13-3-5-22(2)20-13/h3-6,11-12H,7-10H2,1-2H3,(H2,18,19,20,24)/t11-,12-/m0/s1. The van der Waals surface area contributed by atoms with Gasteiger partial charge in [-0.2, -0.15) is 5.10 Å². The molecule has 2 aromatic rings. The van der Waals surface area contributed by atoms with Crippen LogP contribution in [0.5, 0.6) is 0 Å². The Hall–Kier alpha value is -2.42. The molecular weight excluding hydrogens is 313 g/mol. The van der Waals surface area contributed by atoms with Gasteiger partial charge in [0.05, 0.1) is 6.54 Å². The molecule has 0 bridgehead atoms. The van der Waals surface area contributed by atoms with E-state index in [1.165, 1.54) is 0 Å². The lowest BCUT2D eigenvalue weighted by atomic mass is 10.2.